The first kappa shape index (κ1) is 14.6. The molecule has 1 aromatic carbocycles. The Labute approximate surface area is 133 Å². The third-order valence-electron chi connectivity index (χ3n) is 2.97. The number of benzene rings is 1. The van der Waals surface area contributed by atoms with Crippen molar-refractivity contribution in [3.8, 4) is 0 Å². The molecule has 6 heteroatoms. The molecule has 0 saturated carbocycles. The molecule has 112 valence electrons. The van der Waals surface area contributed by atoms with Crippen LogP contribution in [0.3, 0.4) is 0 Å². The molecule has 0 unspecified atom stereocenters. The molecule has 0 spiro atoms. The number of aryl methyl sites for hydroxylation is 2. The zero-order valence-corrected chi connectivity index (χ0v) is 13.3. The van der Waals surface area contributed by atoms with Crippen LogP contribution in [0, 0.1) is 13.8 Å². The van der Waals surface area contributed by atoms with Crippen LogP contribution in [0.15, 0.2) is 47.4 Å². The zero-order chi connectivity index (χ0) is 15.4. The first-order chi connectivity index (χ1) is 10.7. The van der Waals surface area contributed by atoms with Gasteiger partial charge in [0.1, 0.15) is 11.6 Å². The van der Waals surface area contributed by atoms with Gasteiger partial charge in [0, 0.05) is 28.4 Å². The third-order valence-corrected chi connectivity index (χ3v) is 3.98. The fourth-order valence-corrected chi connectivity index (χ4v) is 2.81. The number of nitrogens with one attached hydrogen (secondary N) is 2. The molecule has 0 saturated heterocycles. The maximum Gasteiger partial charge on any atom is 0.153 e. The molecule has 2 aromatic heterocycles. The number of thioether (sulfide) groups is 1. The molecule has 0 aliphatic rings. The van der Waals surface area contributed by atoms with E-state index >= 15 is 0 Å². The Morgan fingerprint density at radius 1 is 1.05 bits per heavy atom. The zero-order valence-electron chi connectivity index (χ0n) is 12.5. The number of hydrogen-bond acceptors (Lipinski definition) is 5. The quantitative estimate of drug-likeness (QED) is 0.701. The number of aromatic amines is 1. The van der Waals surface area contributed by atoms with Crippen molar-refractivity contribution in [2.24, 2.45) is 0 Å². The lowest BCUT2D eigenvalue weighted by molar-refractivity contribution is 0.994. The van der Waals surface area contributed by atoms with Gasteiger partial charge in [-0.3, -0.25) is 5.10 Å². The van der Waals surface area contributed by atoms with Gasteiger partial charge in [-0.25, -0.2) is 9.97 Å². The Kier molecular flexibility index (Phi) is 4.39. The molecule has 0 amide bonds. The topological polar surface area (TPSA) is 66.5 Å². The van der Waals surface area contributed by atoms with Crippen LogP contribution in [-0.4, -0.2) is 20.2 Å². The standard InChI is InChI=1S/C16H17N5S/c1-11-8-14(18-15-9-12(2)20-21-15)19-16(17-11)10-22-13-6-4-3-5-7-13/h3-9H,10H2,1-2H3,(H2,17,18,19,20,21). The van der Waals surface area contributed by atoms with Gasteiger partial charge in [-0.15, -0.1) is 11.8 Å². The Bertz CT molecular complexity index is 754. The second-order valence-corrected chi connectivity index (χ2v) is 6.02. The Morgan fingerprint density at radius 2 is 1.86 bits per heavy atom. The summed E-state index contributed by atoms with van der Waals surface area (Å²) < 4.78 is 0. The fourth-order valence-electron chi connectivity index (χ4n) is 2.04. The molecular formula is C16H17N5S. The van der Waals surface area contributed by atoms with E-state index in [1.165, 1.54) is 4.90 Å². The largest absolute Gasteiger partial charge is 0.323 e. The van der Waals surface area contributed by atoms with Crippen LogP contribution in [0.25, 0.3) is 0 Å². The van der Waals surface area contributed by atoms with Crippen LogP contribution >= 0.6 is 11.8 Å². The molecule has 0 atom stereocenters. The SMILES string of the molecule is Cc1cc(Nc2cc(C)[nH]n2)nc(CSc2ccccc2)n1. The van der Waals surface area contributed by atoms with Gasteiger partial charge < -0.3 is 5.32 Å². The summed E-state index contributed by atoms with van der Waals surface area (Å²) in [6.07, 6.45) is 0. The first-order valence-electron chi connectivity index (χ1n) is 7.00. The van der Waals surface area contributed by atoms with Gasteiger partial charge >= 0.3 is 0 Å². The number of aromatic nitrogens is 4. The van der Waals surface area contributed by atoms with Crippen LogP contribution in [-0.2, 0) is 5.75 Å². The van der Waals surface area contributed by atoms with E-state index in [4.69, 9.17) is 0 Å². The van der Waals surface area contributed by atoms with Crippen molar-refractivity contribution >= 4 is 23.4 Å². The predicted octanol–water partition coefficient (Wildman–Crippen LogP) is 3.85. The van der Waals surface area contributed by atoms with Gasteiger partial charge in [0.05, 0.1) is 5.75 Å². The van der Waals surface area contributed by atoms with Gasteiger partial charge in [-0.1, -0.05) is 18.2 Å². The lowest BCUT2D eigenvalue weighted by Crippen LogP contribution is -2.01. The Hall–Kier alpha value is -2.34. The van der Waals surface area contributed by atoms with Crippen LogP contribution in [0.2, 0.25) is 0 Å². The molecule has 0 aliphatic carbocycles. The van der Waals surface area contributed by atoms with E-state index in [0.717, 1.165) is 34.6 Å². The summed E-state index contributed by atoms with van der Waals surface area (Å²) >= 11 is 1.73. The van der Waals surface area contributed by atoms with Gasteiger partial charge in [-0.05, 0) is 26.0 Å². The lowest BCUT2D eigenvalue weighted by Gasteiger charge is -2.06. The highest BCUT2D eigenvalue weighted by Gasteiger charge is 2.05. The van der Waals surface area contributed by atoms with Crippen LogP contribution < -0.4 is 5.32 Å². The minimum Gasteiger partial charge on any atom is -0.323 e. The molecule has 22 heavy (non-hydrogen) atoms. The minimum atomic E-state index is 0.736. The molecule has 3 aromatic rings. The molecule has 2 N–H and O–H groups in total. The third kappa shape index (κ3) is 3.85. The predicted molar refractivity (Wildman–Crippen MR) is 89.4 cm³/mol. The van der Waals surface area contributed by atoms with Crippen molar-refractivity contribution in [2.45, 2.75) is 24.5 Å². The Balaban J connectivity index is 1.72. The van der Waals surface area contributed by atoms with E-state index in [-0.39, 0.29) is 0 Å². The molecule has 5 nitrogen and oxygen atoms in total. The summed E-state index contributed by atoms with van der Waals surface area (Å²) in [5.41, 5.74) is 1.95. The second-order valence-electron chi connectivity index (χ2n) is 4.97. The van der Waals surface area contributed by atoms with E-state index in [1.807, 2.05) is 44.2 Å². The van der Waals surface area contributed by atoms with Gasteiger partial charge in [0.25, 0.3) is 0 Å². The van der Waals surface area contributed by atoms with Crippen molar-refractivity contribution in [1.29, 1.82) is 0 Å². The van der Waals surface area contributed by atoms with Crippen molar-refractivity contribution in [2.75, 3.05) is 5.32 Å². The maximum atomic E-state index is 4.56. The highest BCUT2D eigenvalue weighted by molar-refractivity contribution is 7.98. The van der Waals surface area contributed by atoms with Gasteiger partial charge in [0.2, 0.25) is 0 Å². The molecule has 3 rings (SSSR count). The van der Waals surface area contributed by atoms with Crippen molar-refractivity contribution in [1.82, 2.24) is 20.2 Å². The van der Waals surface area contributed by atoms with Crippen molar-refractivity contribution in [3.63, 3.8) is 0 Å². The van der Waals surface area contributed by atoms with E-state index in [1.54, 1.807) is 11.8 Å². The molecular weight excluding hydrogens is 294 g/mol. The minimum absolute atomic E-state index is 0.736. The summed E-state index contributed by atoms with van der Waals surface area (Å²) in [6, 6.07) is 14.1. The number of nitrogens with zero attached hydrogens (tertiary/aromatic N) is 3. The molecule has 0 aliphatic heterocycles. The van der Waals surface area contributed by atoms with Crippen LogP contribution in [0.5, 0.6) is 0 Å². The fraction of sp³-hybridized carbons (Fsp3) is 0.188. The van der Waals surface area contributed by atoms with Crippen LogP contribution in [0.4, 0.5) is 11.6 Å². The number of H-pyrrole nitrogens is 1. The molecule has 0 bridgehead atoms. The number of hydrogen-bond donors (Lipinski definition) is 2. The molecule has 2 heterocycles. The van der Waals surface area contributed by atoms with Gasteiger partial charge in [-0.2, -0.15) is 5.10 Å². The summed E-state index contributed by atoms with van der Waals surface area (Å²) in [4.78, 5) is 10.3. The lowest BCUT2D eigenvalue weighted by atomic mass is 10.4. The summed E-state index contributed by atoms with van der Waals surface area (Å²) in [5, 5.41) is 10.3. The molecule has 0 radical (unpaired) electrons. The average molecular weight is 311 g/mol. The van der Waals surface area contributed by atoms with E-state index in [9.17, 15) is 0 Å². The number of rotatable bonds is 5. The normalized spacial score (nSPS) is 10.6. The second kappa shape index (κ2) is 6.62. The highest BCUT2D eigenvalue weighted by atomic mass is 32.2. The average Bonchev–Trinajstić information content (AvgIpc) is 2.91. The maximum absolute atomic E-state index is 4.56. The van der Waals surface area contributed by atoms with Gasteiger partial charge in [0.15, 0.2) is 5.82 Å². The first-order valence-corrected chi connectivity index (χ1v) is 7.99. The van der Waals surface area contributed by atoms with Crippen molar-refractivity contribution < 1.29 is 0 Å². The summed E-state index contributed by atoms with van der Waals surface area (Å²) in [5.74, 6) is 3.07. The van der Waals surface area contributed by atoms with E-state index < -0.39 is 0 Å². The number of anilines is 2. The summed E-state index contributed by atoms with van der Waals surface area (Å²) in [6.45, 7) is 3.94. The molecule has 0 fully saturated rings. The van der Waals surface area contributed by atoms with E-state index in [0.29, 0.717) is 0 Å². The highest BCUT2D eigenvalue weighted by Crippen LogP contribution is 2.22. The van der Waals surface area contributed by atoms with Crippen molar-refractivity contribution in [3.05, 3.63) is 59.7 Å². The smallest absolute Gasteiger partial charge is 0.153 e. The van der Waals surface area contributed by atoms with Crippen LogP contribution in [0.1, 0.15) is 17.2 Å². The Morgan fingerprint density at radius 3 is 2.59 bits per heavy atom. The van der Waals surface area contributed by atoms with E-state index in [2.05, 4.69) is 37.6 Å². The monoisotopic (exact) mass is 311 g/mol. The summed E-state index contributed by atoms with van der Waals surface area (Å²) in [7, 11) is 0.